The molecule has 0 radical (unpaired) electrons. The molecule has 4 nitrogen and oxygen atoms in total. The van der Waals surface area contributed by atoms with Crippen LogP contribution in [0.3, 0.4) is 0 Å². The average molecular weight is 298 g/mol. The predicted molar refractivity (Wildman–Crippen MR) is 75.0 cm³/mol. The summed E-state index contributed by atoms with van der Waals surface area (Å²) in [6, 6.07) is 6.68. The lowest BCUT2D eigenvalue weighted by Crippen LogP contribution is -2.39. The third-order valence-corrected chi connectivity index (χ3v) is 3.78. The molecule has 0 aromatic heterocycles. The van der Waals surface area contributed by atoms with Gasteiger partial charge in [-0.25, -0.2) is 0 Å². The molecule has 1 aliphatic heterocycles. The number of halogens is 2. The quantitative estimate of drug-likeness (QED) is 0.878. The summed E-state index contributed by atoms with van der Waals surface area (Å²) in [6.07, 6.45) is 1.22. The van der Waals surface area contributed by atoms with E-state index >= 15 is 0 Å². The van der Waals surface area contributed by atoms with E-state index < -0.39 is 12.8 Å². The van der Waals surface area contributed by atoms with Gasteiger partial charge in [-0.05, 0) is 18.9 Å². The van der Waals surface area contributed by atoms with Gasteiger partial charge >= 0.3 is 6.61 Å². The fraction of sp³-hybridized carbons (Fsp3) is 0.533. The predicted octanol–water partition coefficient (Wildman–Crippen LogP) is 2.91. The number of carbonyl (C=O) groups excluding carboxylic acids is 1. The Labute approximate surface area is 123 Å². The highest BCUT2D eigenvalue weighted by atomic mass is 19.3. The number of rotatable bonds is 6. The molecule has 6 heteroatoms. The molecule has 1 aliphatic rings. The van der Waals surface area contributed by atoms with Crippen molar-refractivity contribution >= 4 is 5.91 Å². The monoisotopic (exact) mass is 298 g/mol. The van der Waals surface area contributed by atoms with Gasteiger partial charge in [-0.3, -0.25) is 10.1 Å². The second-order valence-electron chi connectivity index (χ2n) is 4.97. The zero-order valence-corrected chi connectivity index (χ0v) is 12.2. The van der Waals surface area contributed by atoms with Gasteiger partial charge in [-0.15, -0.1) is 0 Å². The van der Waals surface area contributed by atoms with Crippen LogP contribution in [0.15, 0.2) is 24.3 Å². The zero-order valence-electron chi connectivity index (χ0n) is 12.2. The minimum absolute atomic E-state index is 0.0134. The molecular formula is C15H20F2N2O2. The van der Waals surface area contributed by atoms with E-state index in [0.717, 1.165) is 12.8 Å². The second kappa shape index (κ2) is 6.85. The highest BCUT2D eigenvalue weighted by Crippen LogP contribution is 2.33. The molecule has 1 amide bonds. The Hall–Kier alpha value is -1.69. The molecule has 1 aromatic carbocycles. The molecule has 1 atom stereocenters. The maximum atomic E-state index is 12.5. The van der Waals surface area contributed by atoms with Crippen LogP contribution in [-0.4, -0.2) is 30.0 Å². The van der Waals surface area contributed by atoms with Gasteiger partial charge in [0.15, 0.2) is 0 Å². The molecule has 1 saturated heterocycles. The van der Waals surface area contributed by atoms with E-state index in [-0.39, 0.29) is 24.2 Å². The standard InChI is InChI=1S/C15H20F2N2O2/c1-3-10(4-2)19-13(20)9-18-14(19)11-7-5-6-8-12(11)21-15(16)17/h5-8,10,14-15,18H,3-4,9H2,1-2H3. The molecule has 2 rings (SSSR count). The number of hydrogen-bond acceptors (Lipinski definition) is 3. The number of benzene rings is 1. The number of carbonyl (C=O) groups is 1. The average Bonchev–Trinajstić information content (AvgIpc) is 2.83. The molecule has 0 bridgehead atoms. The van der Waals surface area contributed by atoms with Crippen LogP contribution < -0.4 is 10.1 Å². The molecule has 1 N–H and O–H groups in total. The first-order valence-corrected chi connectivity index (χ1v) is 7.16. The van der Waals surface area contributed by atoms with Crippen molar-refractivity contribution in [2.24, 2.45) is 0 Å². The van der Waals surface area contributed by atoms with Crippen molar-refractivity contribution in [2.75, 3.05) is 6.54 Å². The maximum absolute atomic E-state index is 12.5. The SMILES string of the molecule is CCC(CC)N1C(=O)CNC1c1ccccc1OC(F)F. The highest BCUT2D eigenvalue weighted by Gasteiger charge is 2.36. The molecule has 0 spiro atoms. The summed E-state index contributed by atoms with van der Waals surface area (Å²) in [4.78, 5) is 13.9. The maximum Gasteiger partial charge on any atom is 0.387 e. The summed E-state index contributed by atoms with van der Waals surface area (Å²) in [5.74, 6) is 0.0937. The van der Waals surface area contributed by atoms with Gasteiger partial charge in [-0.1, -0.05) is 32.0 Å². The summed E-state index contributed by atoms with van der Waals surface area (Å²) in [6.45, 7) is 1.35. The lowest BCUT2D eigenvalue weighted by Gasteiger charge is -2.32. The van der Waals surface area contributed by atoms with Crippen LogP contribution in [0.2, 0.25) is 0 Å². The highest BCUT2D eigenvalue weighted by molar-refractivity contribution is 5.81. The Morgan fingerprint density at radius 1 is 1.33 bits per heavy atom. The number of ether oxygens (including phenoxy) is 1. The fourth-order valence-corrected chi connectivity index (χ4v) is 2.78. The van der Waals surface area contributed by atoms with E-state index in [0.29, 0.717) is 5.56 Å². The van der Waals surface area contributed by atoms with Gasteiger partial charge < -0.3 is 9.64 Å². The Bertz CT molecular complexity index is 492. The van der Waals surface area contributed by atoms with E-state index in [2.05, 4.69) is 10.1 Å². The van der Waals surface area contributed by atoms with Gasteiger partial charge in [0.1, 0.15) is 11.9 Å². The molecule has 1 fully saturated rings. The number of para-hydroxylation sites is 1. The van der Waals surface area contributed by atoms with Crippen LogP contribution in [-0.2, 0) is 4.79 Å². The molecule has 0 saturated carbocycles. The Balaban J connectivity index is 2.33. The first kappa shape index (κ1) is 15.7. The van der Waals surface area contributed by atoms with Crippen molar-refractivity contribution in [1.29, 1.82) is 0 Å². The Kier molecular flexibility index (Phi) is 5.12. The Morgan fingerprint density at radius 3 is 2.62 bits per heavy atom. The van der Waals surface area contributed by atoms with E-state index in [1.807, 2.05) is 13.8 Å². The van der Waals surface area contributed by atoms with Crippen LogP contribution in [0.25, 0.3) is 0 Å². The van der Waals surface area contributed by atoms with Crippen molar-refractivity contribution < 1.29 is 18.3 Å². The number of nitrogens with one attached hydrogen (secondary N) is 1. The van der Waals surface area contributed by atoms with Gasteiger partial charge in [0.2, 0.25) is 5.91 Å². The normalized spacial score (nSPS) is 18.9. The summed E-state index contributed by atoms with van der Waals surface area (Å²) in [5, 5.41) is 3.09. The lowest BCUT2D eigenvalue weighted by atomic mass is 10.1. The summed E-state index contributed by atoms with van der Waals surface area (Å²) in [7, 11) is 0. The molecule has 116 valence electrons. The van der Waals surface area contributed by atoms with Crippen molar-refractivity contribution in [3.05, 3.63) is 29.8 Å². The van der Waals surface area contributed by atoms with E-state index in [4.69, 9.17) is 0 Å². The first-order chi connectivity index (χ1) is 10.1. The first-order valence-electron chi connectivity index (χ1n) is 7.16. The number of alkyl halides is 2. The summed E-state index contributed by atoms with van der Waals surface area (Å²) >= 11 is 0. The smallest absolute Gasteiger partial charge is 0.387 e. The van der Waals surface area contributed by atoms with Gasteiger partial charge in [0.05, 0.1) is 6.54 Å². The molecular weight excluding hydrogens is 278 g/mol. The van der Waals surface area contributed by atoms with Crippen molar-refractivity contribution in [3.63, 3.8) is 0 Å². The van der Waals surface area contributed by atoms with E-state index in [1.165, 1.54) is 6.07 Å². The van der Waals surface area contributed by atoms with Crippen molar-refractivity contribution in [3.8, 4) is 5.75 Å². The summed E-state index contributed by atoms with van der Waals surface area (Å²) < 4.78 is 29.6. The van der Waals surface area contributed by atoms with Crippen LogP contribution >= 0.6 is 0 Å². The topological polar surface area (TPSA) is 41.6 Å². The molecule has 0 aliphatic carbocycles. The van der Waals surface area contributed by atoms with Gasteiger partial charge in [-0.2, -0.15) is 8.78 Å². The fourth-order valence-electron chi connectivity index (χ4n) is 2.78. The minimum Gasteiger partial charge on any atom is -0.434 e. The summed E-state index contributed by atoms with van der Waals surface area (Å²) in [5.41, 5.74) is 0.565. The third-order valence-electron chi connectivity index (χ3n) is 3.78. The molecule has 1 heterocycles. The molecule has 21 heavy (non-hydrogen) atoms. The van der Waals surface area contributed by atoms with Crippen molar-refractivity contribution in [2.45, 2.75) is 45.5 Å². The minimum atomic E-state index is -2.88. The van der Waals surface area contributed by atoms with Crippen LogP contribution in [0, 0.1) is 0 Å². The van der Waals surface area contributed by atoms with E-state index in [9.17, 15) is 13.6 Å². The van der Waals surface area contributed by atoms with Gasteiger partial charge in [0.25, 0.3) is 0 Å². The molecule has 1 unspecified atom stereocenters. The number of amides is 1. The molecule has 1 aromatic rings. The van der Waals surface area contributed by atoms with Gasteiger partial charge in [0, 0.05) is 11.6 Å². The lowest BCUT2D eigenvalue weighted by molar-refractivity contribution is -0.130. The third kappa shape index (κ3) is 3.32. The van der Waals surface area contributed by atoms with Crippen LogP contribution in [0.1, 0.15) is 38.4 Å². The van der Waals surface area contributed by atoms with Crippen LogP contribution in [0.4, 0.5) is 8.78 Å². The second-order valence-corrected chi connectivity index (χ2v) is 4.97. The number of hydrogen-bond donors (Lipinski definition) is 1. The van der Waals surface area contributed by atoms with Crippen molar-refractivity contribution in [1.82, 2.24) is 10.2 Å². The van der Waals surface area contributed by atoms with E-state index in [1.54, 1.807) is 23.1 Å². The largest absolute Gasteiger partial charge is 0.434 e. The number of nitrogens with zero attached hydrogens (tertiary/aromatic N) is 1. The Morgan fingerprint density at radius 2 is 2.00 bits per heavy atom. The van der Waals surface area contributed by atoms with Crippen LogP contribution in [0.5, 0.6) is 5.75 Å². The zero-order chi connectivity index (χ0) is 15.4.